The van der Waals surface area contributed by atoms with Crippen LogP contribution in [0.5, 0.6) is 0 Å². The smallest absolute Gasteiger partial charge is 0.312 e. The van der Waals surface area contributed by atoms with Crippen molar-refractivity contribution in [2.24, 2.45) is 5.92 Å². The first-order valence-corrected chi connectivity index (χ1v) is 9.68. The molecular weight excluding hydrogens is 420 g/mol. The molecule has 0 unspecified atom stereocenters. The van der Waals surface area contributed by atoms with Crippen LogP contribution in [0, 0.1) is 5.92 Å². The van der Waals surface area contributed by atoms with E-state index in [4.69, 9.17) is 33.2 Å². The van der Waals surface area contributed by atoms with Gasteiger partial charge in [-0.15, -0.1) is 0 Å². The highest BCUT2D eigenvalue weighted by atomic mass is 16.7. The molecule has 0 aliphatic carbocycles. The predicted molar refractivity (Wildman–Crippen MR) is 94.8 cm³/mol. The maximum Gasteiger partial charge on any atom is 0.312 e. The molecule has 4 bridgehead atoms. The summed E-state index contributed by atoms with van der Waals surface area (Å²) in [6.07, 6.45) is -6.06. The van der Waals surface area contributed by atoms with E-state index in [-0.39, 0.29) is 13.0 Å². The first-order valence-electron chi connectivity index (χ1n) is 9.68. The number of fused-ring (bicyclic) bond motifs is 5. The summed E-state index contributed by atoms with van der Waals surface area (Å²) in [4.78, 5) is 59.9. The van der Waals surface area contributed by atoms with Crippen molar-refractivity contribution in [3.05, 3.63) is 0 Å². The van der Waals surface area contributed by atoms with Gasteiger partial charge in [-0.3, -0.25) is 24.0 Å². The first-order chi connectivity index (χ1) is 14.5. The van der Waals surface area contributed by atoms with Crippen LogP contribution in [0.25, 0.3) is 0 Å². The average molecular weight is 444 g/mol. The van der Waals surface area contributed by atoms with Crippen LogP contribution < -0.4 is 0 Å². The summed E-state index contributed by atoms with van der Waals surface area (Å²) in [5.41, 5.74) is -1.81. The molecule has 3 aliphatic heterocycles. The van der Waals surface area contributed by atoms with Crippen molar-refractivity contribution in [3.8, 4) is 0 Å². The Kier molecular flexibility index (Phi) is 6.51. The predicted octanol–water partition coefficient (Wildman–Crippen LogP) is -0.598. The second-order valence-electron chi connectivity index (χ2n) is 7.58. The molecule has 0 aromatic heterocycles. The van der Waals surface area contributed by atoms with Gasteiger partial charge in [0, 0.05) is 34.1 Å². The molecule has 3 heterocycles. The minimum absolute atomic E-state index is 0.0701. The van der Waals surface area contributed by atoms with E-state index < -0.39 is 78.7 Å². The minimum Gasteiger partial charge on any atom is -0.463 e. The number of carbonyl (C=O) groups is 5. The third kappa shape index (κ3) is 4.64. The van der Waals surface area contributed by atoms with Crippen LogP contribution in [0.4, 0.5) is 0 Å². The first kappa shape index (κ1) is 22.9. The summed E-state index contributed by atoms with van der Waals surface area (Å²) < 4.78 is 38.4. The Hall–Kier alpha value is -2.73. The van der Waals surface area contributed by atoms with Crippen molar-refractivity contribution >= 4 is 29.8 Å². The third-order valence-corrected chi connectivity index (χ3v) is 5.21. The van der Waals surface area contributed by atoms with Gasteiger partial charge in [-0.1, -0.05) is 0 Å². The fourth-order valence-electron chi connectivity index (χ4n) is 4.13. The molecule has 0 amide bonds. The van der Waals surface area contributed by atoms with Crippen molar-refractivity contribution in [3.63, 3.8) is 0 Å². The summed E-state index contributed by atoms with van der Waals surface area (Å²) in [5, 5.41) is 0. The number of hydrogen-bond acceptors (Lipinski definition) is 12. The molecule has 12 heteroatoms. The zero-order chi connectivity index (χ0) is 22.9. The zero-order valence-electron chi connectivity index (χ0n) is 17.5. The summed E-state index contributed by atoms with van der Waals surface area (Å²) >= 11 is 0. The van der Waals surface area contributed by atoms with Crippen LogP contribution in [-0.4, -0.2) is 79.4 Å². The van der Waals surface area contributed by atoms with E-state index >= 15 is 0 Å². The standard InChI is InChI=1S/C19H24O12/c1-8(20)26-7-19-13-5-12(30-17(13)24)6-25-18(31-19)15(28-10(3)22)14(27-9(2)21)16(19)29-11(4)23/h12-16,18H,5-7H2,1-4H3/t12-,13+,14+,15+,16-,18-,19-/m0/s1. The van der Waals surface area contributed by atoms with E-state index in [1.54, 1.807) is 0 Å². The lowest BCUT2D eigenvalue weighted by Crippen LogP contribution is -2.72. The summed E-state index contributed by atoms with van der Waals surface area (Å²) in [6.45, 7) is 3.90. The van der Waals surface area contributed by atoms with Gasteiger partial charge in [0.15, 0.2) is 30.2 Å². The minimum atomic E-state index is -1.81. The van der Waals surface area contributed by atoms with Gasteiger partial charge in [0.25, 0.3) is 0 Å². The Bertz CT molecular complexity index is 778. The maximum atomic E-state index is 12.7. The van der Waals surface area contributed by atoms with E-state index in [1.165, 1.54) is 0 Å². The van der Waals surface area contributed by atoms with Gasteiger partial charge in [-0.05, 0) is 0 Å². The number of ether oxygens (including phenoxy) is 7. The van der Waals surface area contributed by atoms with Crippen molar-refractivity contribution < 1.29 is 57.1 Å². The average Bonchev–Trinajstić information content (AvgIpc) is 3.03. The van der Waals surface area contributed by atoms with Crippen molar-refractivity contribution in [2.45, 2.75) is 70.4 Å². The number of rotatable bonds is 5. The van der Waals surface area contributed by atoms with E-state index in [0.29, 0.717) is 0 Å². The Morgan fingerprint density at radius 3 is 2.13 bits per heavy atom. The van der Waals surface area contributed by atoms with Crippen LogP contribution in [0.15, 0.2) is 0 Å². The maximum absolute atomic E-state index is 12.7. The number of hydrogen-bond donors (Lipinski definition) is 0. The molecule has 172 valence electrons. The SMILES string of the molecule is CC(=O)OC[C@]12O[C@H](OC[C@@H]3C[C@@H]1C(=O)O3)[C@H](OC(C)=O)[C@@H](OC(C)=O)[C@@H]2OC(C)=O. The van der Waals surface area contributed by atoms with Gasteiger partial charge in [-0.2, -0.15) is 0 Å². The second-order valence-corrected chi connectivity index (χ2v) is 7.58. The molecule has 0 N–H and O–H groups in total. The largest absolute Gasteiger partial charge is 0.463 e. The molecule has 0 spiro atoms. The van der Waals surface area contributed by atoms with Gasteiger partial charge >= 0.3 is 29.8 Å². The van der Waals surface area contributed by atoms with Crippen LogP contribution >= 0.6 is 0 Å². The zero-order valence-corrected chi connectivity index (χ0v) is 17.5. The fourth-order valence-corrected chi connectivity index (χ4v) is 4.13. The third-order valence-electron chi connectivity index (χ3n) is 5.21. The fraction of sp³-hybridized carbons (Fsp3) is 0.737. The van der Waals surface area contributed by atoms with Crippen LogP contribution in [-0.2, 0) is 57.1 Å². The Balaban J connectivity index is 2.16. The molecule has 12 nitrogen and oxygen atoms in total. The lowest BCUT2D eigenvalue weighted by molar-refractivity contribution is -0.354. The number of esters is 5. The normalized spacial score (nSPS) is 36.3. The molecule has 3 aliphatic rings. The summed E-state index contributed by atoms with van der Waals surface area (Å²) in [6, 6.07) is 0. The van der Waals surface area contributed by atoms with E-state index in [9.17, 15) is 24.0 Å². The van der Waals surface area contributed by atoms with Gasteiger partial charge in [0.2, 0.25) is 0 Å². The van der Waals surface area contributed by atoms with E-state index in [2.05, 4.69) is 0 Å². The van der Waals surface area contributed by atoms with Crippen molar-refractivity contribution in [2.75, 3.05) is 13.2 Å². The van der Waals surface area contributed by atoms with Crippen molar-refractivity contribution in [1.82, 2.24) is 0 Å². The van der Waals surface area contributed by atoms with Gasteiger partial charge in [0.05, 0.1) is 12.5 Å². The molecule has 31 heavy (non-hydrogen) atoms. The monoisotopic (exact) mass is 444 g/mol. The van der Waals surface area contributed by atoms with Gasteiger partial charge in [-0.25, -0.2) is 0 Å². The molecule has 0 aromatic carbocycles. The molecular formula is C19H24O12. The highest BCUT2D eigenvalue weighted by Crippen LogP contribution is 2.46. The highest BCUT2D eigenvalue weighted by molar-refractivity contribution is 5.77. The van der Waals surface area contributed by atoms with Gasteiger partial charge in [0.1, 0.15) is 12.7 Å². The van der Waals surface area contributed by atoms with Gasteiger partial charge < -0.3 is 33.2 Å². The molecule has 7 atom stereocenters. The molecule has 0 aromatic rings. The Morgan fingerprint density at radius 1 is 0.935 bits per heavy atom. The molecule has 0 saturated carbocycles. The molecule has 3 rings (SSSR count). The van der Waals surface area contributed by atoms with E-state index in [1.807, 2.05) is 0 Å². The summed E-state index contributed by atoms with van der Waals surface area (Å²) in [5.74, 6) is -4.70. The summed E-state index contributed by atoms with van der Waals surface area (Å²) in [7, 11) is 0. The quantitative estimate of drug-likeness (QED) is 0.393. The molecule has 3 fully saturated rings. The van der Waals surface area contributed by atoms with Crippen LogP contribution in [0.2, 0.25) is 0 Å². The lowest BCUT2D eigenvalue weighted by Gasteiger charge is -2.52. The molecule has 0 radical (unpaired) electrons. The van der Waals surface area contributed by atoms with E-state index in [0.717, 1.165) is 27.7 Å². The second kappa shape index (κ2) is 8.79. The number of carbonyl (C=O) groups excluding carboxylic acids is 5. The Morgan fingerprint density at radius 2 is 1.55 bits per heavy atom. The van der Waals surface area contributed by atoms with Crippen molar-refractivity contribution in [1.29, 1.82) is 0 Å². The lowest BCUT2D eigenvalue weighted by atomic mass is 9.75. The highest BCUT2D eigenvalue weighted by Gasteiger charge is 2.68. The van der Waals surface area contributed by atoms with Crippen LogP contribution in [0.3, 0.4) is 0 Å². The van der Waals surface area contributed by atoms with Crippen LogP contribution in [0.1, 0.15) is 34.1 Å². The molecule has 3 saturated heterocycles. The Labute approximate surface area is 177 Å². The topological polar surface area (TPSA) is 150 Å².